The van der Waals surface area contributed by atoms with E-state index in [4.69, 9.17) is 5.73 Å². The highest BCUT2D eigenvalue weighted by molar-refractivity contribution is 5.53. The number of anilines is 3. The van der Waals surface area contributed by atoms with Gasteiger partial charge >= 0.3 is 0 Å². The van der Waals surface area contributed by atoms with Gasteiger partial charge in [0, 0.05) is 25.2 Å². The van der Waals surface area contributed by atoms with Gasteiger partial charge in [0.25, 0.3) is 0 Å². The highest BCUT2D eigenvalue weighted by Crippen LogP contribution is 2.27. The molecule has 1 unspecified atom stereocenters. The Morgan fingerprint density at radius 1 is 1.35 bits per heavy atom. The second-order valence-corrected chi connectivity index (χ2v) is 5.23. The molecule has 2 aliphatic rings. The van der Waals surface area contributed by atoms with E-state index >= 15 is 0 Å². The van der Waals surface area contributed by atoms with Crippen LogP contribution in [-0.4, -0.2) is 29.1 Å². The second-order valence-electron chi connectivity index (χ2n) is 5.23. The van der Waals surface area contributed by atoms with Crippen LogP contribution in [0.1, 0.15) is 26.2 Å². The van der Waals surface area contributed by atoms with Crippen molar-refractivity contribution in [3.63, 3.8) is 0 Å². The van der Waals surface area contributed by atoms with Crippen LogP contribution in [0.3, 0.4) is 0 Å². The van der Waals surface area contributed by atoms with Crippen LogP contribution in [0.15, 0.2) is 6.07 Å². The maximum absolute atomic E-state index is 5.77. The molecule has 1 atom stereocenters. The molecule has 0 radical (unpaired) electrons. The van der Waals surface area contributed by atoms with Crippen LogP contribution in [0.25, 0.3) is 0 Å². The number of nitrogens with zero attached hydrogens (tertiary/aromatic N) is 3. The Balaban J connectivity index is 1.80. The highest BCUT2D eigenvalue weighted by Gasteiger charge is 2.24. The summed E-state index contributed by atoms with van der Waals surface area (Å²) >= 11 is 0. The van der Waals surface area contributed by atoms with Crippen molar-refractivity contribution in [2.75, 3.05) is 29.0 Å². The average molecular weight is 233 g/mol. The van der Waals surface area contributed by atoms with Crippen LogP contribution < -0.4 is 16.0 Å². The van der Waals surface area contributed by atoms with Crippen LogP contribution in [0.5, 0.6) is 0 Å². The second kappa shape index (κ2) is 4.05. The highest BCUT2D eigenvalue weighted by atomic mass is 15.2. The first kappa shape index (κ1) is 10.6. The van der Waals surface area contributed by atoms with Crippen molar-refractivity contribution in [1.82, 2.24) is 9.97 Å². The third-order valence-corrected chi connectivity index (χ3v) is 3.41. The number of rotatable bonds is 3. The van der Waals surface area contributed by atoms with E-state index in [0.29, 0.717) is 12.0 Å². The van der Waals surface area contributed by atoms with E-state index < -0.39 is 0 Å². The lowest BCUT2D eigenvalue weighted by atomic mass is 10.2. The zero-order chi connectivity index (χ0) is 11.8. The number of nitrogens with two attached hydrogens (primary N) is 1. The van der Waals surface area contributed by atoms with E-state index in [1.54, 1.807) is 0 Å². The molecule has 5 heteroatoms. The molecule has 1 aromatic rings. The van der Waals surface area contributed by atoms with E-state index in [0.717, 1.165) is 30.6 Å². The minimum atomic E-state index is 0.366. The Hall–Kier alpha value is -1.52. The fraction of sp³-hybridized carbons (Fsp3) is 0.667. The summed E-state index contributed by atoms with van der Waals surface area (Å²) in [6, 6.07) is 2.61. The van der Waals surface area contributed by atoms with Crippen LogP contribution >= 0.6 is 0 Å². The molecule has 1 aliphatic carbocycles. The van der Waals surface area contributed by atoms with Gasteiger partial charge in [0.05, 0.1) is 0 Å². The van der Waals surface area contributed by atoms with E-state index in [2.05, 4.69) is 27.1 Å². The topological polar surface area (TPSA) is 67.1 Å². The van der Waals surface area contributed by atoms with Crippen LogP contribution in [0.2, 0.25) is 0 Å². The van der Waals surface area contributed by atoms with Gasteiger partial charge < -0.3 is 16.0 Å². The molecule has 0 aromatic carbocycles. The normalized spacial score (nSPS) is 24.1. The lowest BCUT2D eigenvalue weighted by Crippen LogP contribution is -2.21. The molecule has 3 rings (SSSR count). The van der Waals surface area contributed by atoms with Crippen molar-refractivity contribution in [3.8, 4) is 0 Å². The van der Waals surface area contributed by atoms with Gasteiger partial charge in [-0.05, 0) is 25.2 Å². The zero-order valence-electron chi connectivity index (χ0n) is 10.2. The molecule has 5 nitrogen and oxygen atoms in total. The number of hydrogen-bond donors (Lipinski definition) is 2. The molecule has 3 N–H and O–H groups in total. The summed E-state index contributed by atoms with van der Waals surface area (Å²) < 4.78 is 0. The fourth-order valence-electron chi connectivity index (χ4n) is 2.27. The molecular weight excluding hydrogens is 214 g/mol. The minimum absolute atomic E-state index is 0.366. The maximum atomic E-state index is 5.77. The predicted octanol–water partition coefficient (Wildman–Crippen LogP) is 1.48. The number of aromatic nitrogens is 2. The Bertz CT molecular complexity index is 415. The van der Waals surface area contributed by atoms with Crippen LogP contribution in [0, 0.1) is 5.92 Å². The first-order chi connectivity index (χ1) is 8.20. The third-order valence-electron chi connectivity index (χ3n) is 3.41. The first-order valence-electron chi connectivity index (χ1n) is 6.37. The number of nitrogen functional groups attached to an aromatic ring is 1. The largest absolute Gasteiger partial charge is 0.368 e. The lowest BCUT2D eigenvalue weighted by molar-refractivity contribution is 0.659. The van der Waals surface area contributed by atoms with E-state index in [1.165, 1.54) is 19.3 Å². The summed E-state index contributed by atoms with van der Waals surface area (Å²) in [5.74, 6) is 2.94. The molecular formula is C12H19N5. The standard InChI is InChI=1S/C12H19N5/c1-8-4-5-17(7-8)11-6-10(14-9-2-3-9)15-12(13)16-11/h6,8-9H,2-5,7H2,1H3,(H3,13,14,15,16). The summed E-state index contributed by atoms with van der Waals surface area (Å²) in [5, 5.41) is 3.37. The molecule has 0 amide bonds. The smallest absolute Gasteiger partial charge is 0.223 e. The van der Waals surface area contributed by atoms with E-state index in [1.807, 2.05) is 6.07 Å². The van der Waals surface area contributed by atoms with Crippen molar-refractivity contribution in [3.05, 3.63) is 6.07 Å². The molecule has 2 heterocycles. The molecule has 1 aliphatic heterocycles. The zero-order valence-corrected chi connectivity index (χ0v) is 10.2. The maximum Gasteiger partial charge on any atom is 0.223 e. The molecule has 92 valence electrons. The van der Waals surface area contributed by atoms with Crippen LogP contribution in [-0.2, 0) is 0 Å². The van der Waals surface area contributed by atoms with Gasteiger partial charge in [-0.2, -0.15) is 9.97 Å². The quantitative estimate of drug-likeness (QED) is 0.827. The SMILES string of the molecule is CC1CCN(c2cc(NC3CC3)nc(N)n2)C1. The van der Waals surface area contributed by atoms with Gasteiger partial charge in [-0.15, -0.1) is 0 Å². The van der Waals surface area contributed by atoms with Crippen molar-refractivity contribution < 1.29 is 0 Å². The van der Waals surface area contributed by atoms with E-state index in [9.17, 15) is 0 Å². The lowest BCUT2D eigenvalue weighted by Gasteiger charge is -2.18. The van der Waals surface area contributed by atoms with Gasteiger partial charge in [0.15, 0.2) is 0 Å². The number of nitrogens with one attached hydrogen (secondary N) is 1. The molecule has 1 saturated carbocycles. The predicted molar refractivity (Wildman–Crippen MR) is 69.1 cm³/mol. The fourth-order valence-corrected chi connectivity index (χ4v) is 2.27. The molecule has 1 saturated heterocycles. The molecule has 1 aromatic heterocycles. The summed E-state index contributed by atoms with van der Waals surface area (Å²) in [4.78, 5) is 10.9. The summed E-state index contributed by atoms with van der Waals surface area (Å²) in [6.45, 7) is 4.41. The van der Waals surface area contributed by atoms with Gasteiger partial charge in [0.1, 0.15) is 11.6 Å². The van der Waals surface area contributed by atoms with Gasteiger partial charge in [-0.1, -0.05) is 6.92 Å². The summed E-state index contributed by atoms with van der Waals surface area (Å²) in [5.41, 5.74) is 5.77. The third kappa shape index (κ3) is 2.43. The Kier molecular flexibility index (Phi) is 2.53. The Morgan fingerprint density at radius 2 is 2.18 bits per heavy atom. The summed E-state index contributed by atoms with van der Waals surface area (Å²) in [7, 11) is 0. The molecule has 0 spiro atoms. The molecule has 0 bridgehead atoms. The first-order valence-corrected chi connectivity index (χ1v) is 6.37. The minimum Gasteiger partial charge on any atom is -0.368 e. The molecule has 17 heavy (non-hydrogen) atoms. The Labute approximate surface area is 101 Å². The van der Waals surface area contributed by atoms with Crippen molar-refractivity contribution >= 4 is 17.6 Å². The average Bonchev–Trinajstić information content (AvgIpc) is 2.97. The van der Waals surface area contributed by atoms with Crippen LogP contribution in [0.4, 0.5) is 17.6 Å². The van der Waals surface area contributed by atoms with Gasteiger partial charge in [-0.25, -0.2) is 0 Å². The number of hydrogen-bond acceptors (Lipinski definition) is 5. The van der Waals surface area contributed by atoms with Gasteiger partial charge in [0.2, 0.25) is 5.95 Å². The molecule has 2 fully saturated rings. The summed E-state index contributed by atoms with van der Waals surface area (Å²) in [6.07, 6.45) is 3.70. The van der Waals surface area contributed by atoms with Crippen molar-refractivity contribution in [2.24, 2.45) is 5.92 Å². The Morgan fingerprint density at radius 3 is 2.82 bits per heavy atom. The van der Waals surface area contributed by atoms with Crippen molar-refractivity contribution in [1.29, 1.82) is 0 Å². The van der Waals surface area contributed by atoms with Gasteiger partial charge in [-0.3, -0.25) is 0 Å². The van der Waals surface area contributed by atoms with Crippen molar-refractivity contribution in [2.45, 2.75) is 32.2 Å². The monoisotopic (exact) mass is 233 g/mol. The van der Waals surface area contributed by atoms with E-state index in [-0.39, 0.29) is 0 Å².